The van der Waals surface area contributed by atoms with Crippen molar-refractivity contribution in [2.75, 3.05) is 38.3 Å². The monoisotopic (exact) mass is 419 g/mol. The van der Waals surface area contributed by atoms with Crippen LogP contribution in [0.4, 0.5) is 5.82 Å². The Hall–Kier alpha value is -2.98. The molecule has 1 saturated heterocycles. The SMILES string of the molecule is COCCC(=O)N1CCN(c2nc(C3CC3)c(-c3ccncc3)c(C)c2C#N)C[C@H]1C. The second-order valence-electron chi connectivity index (χ2n) is 8.44. The second-order valence-corrected chi connectivity index (χ2v) is 8.44. The minimum absolute atomic E-state index is 0.0519. The van der Waals surface area contributed by atoms with E-state index < -0.39 is 0 Å². The van der Waals surface area contributed by atoms with E-state index in [1.165, 1.54) is 0 Å². The smallest absolute Gasteiger partial charge is 0.225 e. The number of ether oxygens (including phenoxy) is 1. The minimum atomic E-state index is 0.0519. The van der Waals surface area contributed by atoms with Gasteiger partial charge in [0.25, 0.3) is 0 Å². The van der Waals surface area contributed by atoms with Gasteiger partial charge in [-0.25, -0.2) is 4.98 Å². The van der Waals surface area contributed by atoms with Gasteiger partial charge in [-0.15, -0.1) is 0 Å². The average molecular weight is 420 g/mol. The van der Waals surface area contributed by atoms with Crippen molar-refractivity contribution in [3.05, 3.63) is 41.3 Å². The molecule has 0 aromatic carbocycles. The number of amides is 1. The first-order valence-electron chi connectivity index (χ1n) is 10.9. The normalized spacial score (nSPS) is 18.7. The summed E-state index contributed by atoms with van der Waals surface area (Å²) in [6.07, 6.45) is 6.23. The third-order valence-corrected chi connectivity index (χ3v) is 6.27. The number of nitrogens with zero attached hydrogens (tertiary/aromatic N) is 5. The molecule has 2 aromatic rings. The zero-order valence-electron chi connectivity index (χ0n) is 18.5. The van der Waals surface area contributed by atoms with Crippen LogP contribution in [-0.2, 0) is 9.53 Å². The first kappa shape index (κ1) is 21.3. The van der Waals surface area contributed by atoms with E-state index in [-0.39, 0.29) is 11.9 Å². The van der Waals surface area contributed by atoms with Crippen LogP contribution in [0.25, 0.3) is 11.1 Å². The van der Waals surface area contributed by atoms with Gasteiger partial charge >= 0.3 is 0 Å². The Morgan fingerprint density at radius 2 is 2.03 bits per heavy atom. The molecule has 31 heavy (non-hydrogen) atoms. The molecule has 1 saturated carbocycles. The number of aromatic nitrogens is 2. The Kier molecular flexibility index (Phi) is 6.19. The number of nitriles is 1. The van der Waals surface area contributed by atoms with E-state index >= 15 is 0 Å². The fraction of sp³-hybridized carbons (Fsp3) is 0.500. The van der Waals surface area contributed by atoms with Gasteiger partial charge in [0.2, 0.25) is 5.91 Å². The Morgan fingerprint density at radius 3 is 2.65 bits per heavy atom. The maximum Gasteiger partial charge on any atom is 0.225 e. The van der Waals surface area contributed by atoms with Crippen molar-refractivity contribution in [1.82, 2.24) is 14.9 Å². The molecule has 0 radical (unpaired) electrons. The number of rotatable bonds is 6. The number of piperazine rings is 1. The summed E-state index contributed by atoms with van der Waals surface area (Å²) in [7, 11) is 1.61. The van der Waals surface area contributed by atoms with Crippen molar-refractivity contribution in [3.63, 3.8) is 0 Å². The molecule has 0 spiro atoms. The maximum absolute atomic E-state index is 12.5. The van der Waals surface area contributed by atoms with Crippen molar-refractivity contribution in [2.45, 2.75) is 45.1 Å². The van der Waals surface area contributed by atoms with Gasteiger partial charge in [0.1, 0.15) is 11.9 Å². The summed E-state index contributed by atoms with van der Waals surface area (Å²) >= 11 is 0. The molecule has 2 fully saturated rings. The van der Waals surface area contributed by atoms with Crippen LogP contribution in [-0.4, -0.2) is 60.2 Å². The molecule has 3 heterocycles. The van der Waals surface area contributed by atoms with Gasteiger partial charge in [0.15, 0.2) is 0 Å². The minimum Gasteiger partial charge on any atom is -0.384 e. The van der Waals surface area contributed by atoms with Crippen LogP contribution in [0.2, 0.25) is 0 Å². The summed E-state index contributed by atoms with van der Waals surface area (Å²) < 4.78 is 5.05. The van der Waals surface area contributed by atoms with Gasteiger partial charge < -0.3 is 14.5 Å². The van der Waals surface area contributed by atoms with Gasteiger partial charge in [0.05, 0.1) is 24.3 Å². The number of methoxy groups -OCH3 is 1. The van der Waals surface area contributed by atoms with Crippen molar-refractivity contribution in [3.8, 4) is 17.2 Å². The molecular weight excluding hydrogens is 390 g/mol. The lowest BCUT2D eigenvalue weighted by Crippen LogP contribution is -2.54. The molecule has 0 bridgehead atoms. The Morgan fingerprint density at radius 1 is 1.29 bits per heavy atom. The van der Waals surface area contributed by atoms with E-state index in [0.717, 1.165) is 41.0 Å². The number of pyridine rings is 2. The van der Waals surface area contributed by atoms with E-state index in [9.17, 15) is 10.1 Å². The largest absolute Gasteiger partial charge is 0.384 e. The number of carbonyl (C=O) groups is 1. The standard InChI is InChI=1S/C24H29N5O2/c1-16-15-28(11-12-29(16)21(30)8-13-31-3)24-20(14-25)17(2)22(18-6-9-26-10-7-18)23(27-24)19-4-5-19/h6-7,9-10,16,19H,4-5,8,11-13,15H2,1-3H3/t16-/m1/s1. The molecule has 0 unspecified atom stereocenters. The molecule has 1 aliphatic carbocycles. The van der Waals surface area contributed by atoms with Crippen LogP contribution in [0, 0.1) is 18.3 Å². The fourth-order valence-corrected chi connectivity index (χ4v) is 4.46. The van der Waals surface area contributed by atoms with Crippen LogP contribution in [0.1, 0.15) is 48.9 Å². The molecule has 162 valence electrons. The van der Waals surface area contributed by atoms with Gasteiger partial charge in [-0.3, -0.25) is 9.78 Å². The zero-order valence-corrected chi connectivity index (χ0v) is 18.5. The van der Waals surface area contributed by atoms with Crippen molar-refractivity contribution in [2.24, 2.45) is 0 Å². The Bertz CT molecular complexity index is 997. The number of hydrogen-bond acceptors (Lipinski definition) is 6. The molecule has 1 atom stereocenters. The summed E-state index contributed by atoms with van der Waals surface area (Å²) in [4.78, 5) is 25.8. The van der Waals surface area contributed by atoms with Crippen molar-refractivity contribution < 1.29 is 9.53 Å². The summed E-state index contributed by atoms with van der Waals surface area (Å²) in [5.74, 6) is 1.32. The number of anilines is 1. The molecule has 4 rings (SSSR count). The third-order valence-electron chi connectivity index (χ3n) is 6.27. The summed E-state index contributed by atoms with van der Waals surface area (Å²) in [5, 5.41) is 10.0. The highest BCUT2D eigenvalue weighted by Gasteiger charge is 2.34. The molecule has 2 aliphatic rings. The highest BCUT2D eigenvalue weighted by Crippen LogP contribution is 2.46. The van der Waals surface area contributed by atoms with E-state index in [1.54, 1.807) is 19.5 Å². The Labute approximate surface area is 183 Å². The fourth-order valence-electron chi connectivity index (χ4n) is 4.46. The van der Waals surface area contributed by atoms with Gasteiger partial charge in [-0.1, -0.05) is 0 Å². The van der Waals surface area contributed by atoms with Crippen molar-refractivity contribution in [1.29, 1.82) is 5.26 Å². The average Bonchev–Trinajstić information content (AvgIpc) is 3.62. The summed E-state index contributed by atoms with van der Waals surface area (Å²) in [5.41, 5.74) is 4.83. The highest BCUT2D eigenvalue weighted by molar-refractivity contribution is 5.78. The third kappa shape index (κ3) is 4.26. The van der Waals surface area contributed by atoms with Crippen LogP contribution >= 0.6 is 0 Å². The predicted octanol–water partition coefficient (Wildman–Crippen LogP) is 3.27. The second kappa shape index (κ2) is 9.03. The molecule has 7 heteroatoms. The topological polar surface area (TPSA) is 82.3 Å². The molecule has 0 N–H and O–H groups in total. The Balaban J connectivity index is 1.67. The van der Waals surface area contributed by atoms with E-state index in [2.05, 4.69) is 22.9 Å². The summed E-state index contributed by atoms with van der Waals surface area (Å²) in [6, 6.07) is 6.45. The van der Waals surface area contributed by atoms with E-state index in [4.69, 9.17) is 9.72 Å². The lowest BCUT2D eigenvalue weighted by atomic mass is 9.94. The zero-order chi connectivity index (χ0) is 22.0. The molecular formula is C24H29N5O2. The number of carbonyl (C=O) groups excluding carboxylic acids is 1. The predicted molar refractivity (Wildman–Crippen MR) is 119 cm³/mol. The quantitative estimate of drug-likeness (QED) is 0.715. The van der Waals surface area contributed by atoms with Crippen LogP contribution < -0.4 is 4.90 Å². The first-order valence-corrected chi connectivity index (χ1v) is 10.9. The van der Waals surface area contributed by atoms with Gasteiger partial charge in [0, 0.05) is 56.7 Å². The van der Waals surface area contributed by atoms with E-state index in [0.29, 0.717) is 44.1 Å². The molecule has 1 amide bonds. The van der Waals surface area contributed by atoms with E-state index in [1.807, 2.05) is 24.0 Å². The highest BCUT2D eigenvalue weighted by atomic mass is 16.5. The summed E-state index contributed by atoms with van der Waals surface area (Å²) in [6.45, 7) is 6.48. The van der Waals surface area contributed by atoms with Crippen LogP contribution in [0.5, 0.6) is 0 Å². The molecule has 7 nitrogen and oxygen atoms in total. The lowest BCUT2D eigenvalue weighted by Gasteiger charge is -2.41. The van der Waals surface area contributed by atoms with Crippen LogP contribution in [0.15, 0.2) is 24.5 Å². The molecule has 1 aliphatic heterocycles. The van der Waals surface area contributed by atoms with Gasteiger partial charge in [-0.2, -0.15) is 5.26 Å². The van der Waals surface area contributed by atoms with Gasteiger partial charge in [-0.05, 0) is 49.9 Å². The van der Waals surface area contributed by atoms with Crippen LogP contribution in [0.3, 0.4) is 0 Å². The maximum atomic E-state index is 12.5. The first-order chi connectivity index (χ1) is 15.0. The lowest BCUT2D eigenvalue weighted by molar-refractivity contribution is -0.134. The van der Waals surface area contributed by atoms with Crippen molar-refractivity contribution >= 4 is 11.7 Å². The molecule has 2 aromatic heterocycles. The number of hydrogen-bond donors (Lipinski definition) is 0.